The molecule has 0 radical (unpaired) electrons. The lowest BCUT2D eigenvalue weighted by atomic mass is 10.1. The fourth-order valence-electron chi connectivity index (χ4n) is 2.69. The van der Waals surface area contributed by atoms with Crippen LogP contribution in [0.4, 0.5) is 10.2 Å². The maximum absolute atomic E-state index is 13.5. The third kappa shape index (κ3) is 4.32. The molecule has 0 bridgehead atoms. The second kappa shape index (κ2) is 7.85. The number of aliphatic imine (C=N–C) groups is 1. The third-order valence-corrected chi connectivity index (χ3v) is 5.17. The van der Waals surface area contributed by atoms with E-state index in [9.17, 15) is 12.8 Å². The second-order valence-corrected chi connectivity index (χ2v) is 7.43. The summed E-state index contributed by atoms with van der Waals surface area (Å²) in [6, 6.07) is 7.52. The molecule has 9 heteroatoms. The number of hydrogen-bond acceptors (Lipinski definition) is 7. The van der Waals surface area contributed by atoms with Gasteiger partial charge in [-0.05, 0) is 35.9 Å². The van der Waals surface area contributed by atoms with Gasteiger partial charge in [-0.15, -0.1) is 0 Å². The van der Waals surface area contributed by atoms with Crippen molar-refractivity contribution in [2.24, 2.45) is 4.99 Å². The molecule has 2 heterocycles. The molecule has 142 valence electrons. The molecule has 1 aliphatic rings. The van der Waals surface area contributed by atoms with Gasteiger partial charge >= 0.3 is 0 Å². The second-order valence-electron chi connectivity index (χ2n) is 5.69. The lowest BCUT2D eigenvalue weighted by Crippen LogP contribution is -2.25. The van der Waals surface area contributed by atoms with Crippen LogP contribution in [0.3, 0.4) is 0 Å². The molecule has 2 aromatic rings. The van der Waals surface area contributed by atoms with Crippen molar-refractivity contribution < 1.29 is 21.7 Å². The van der Waals surface area contributed by atoms with Crippen LogP contribution in [-0.4, -0.2) is 40.5 Å². The van der Waals surface area contributed by atoms with Crippen LogP contribution < -0.4 is 9.64 Å². The fraction of sp³-hybridized carbons (Fsp3) is 0.222. The number of nitrogens with zero attached hydrogens (tertiary/aromatic N) is 3. The molecule has 0 saturated heterocycles. The van der Waals surface area contributed by atoms with E-state index in [1.165, 1.54) is 25.4 Å². The van der Waals surface area contributed by atoms with Crippen LogP contribution in [-0.2, 0) is 20.1 Å². The SMILES string of the molecule is COc1cc(F)ccc1C1=CC=NCN1c1cc(CS(=O)(=O)OC)ccn1. The normalized spacial score (nSPS) is 14.2. The Kier molecular flexibility index (Phi) is 5.52. The number of benzene rings is 1. The average molecular weight is 391 g/mol. The minimum atomic E-state index is -3.65. The van der Waals surface area contributed by atoms with E-state index in [-0.39, 0.29) is 12.4 Å². The van der Waals surface area contributed by atoms with Gasteiger partial charge < -0.3 is 9.64 Å². The fourth-order valence-corrected chi connectivity index (χ4v) is 3.39. The highest BCUT2D eigenvalue weighted by molar-refractivity contribution is 7.85. The first kappa shape index (κ1) is 19.0. The number of ether oxygens (including phenoxy) is 1. The summed E-state index contributed by atoms with van der Waals surface area (Å²) in [6.07, 6.45) is 4.93. The molecule has 0 atom stereocenters. The largest absolute Gasteiger partial charge is 0.496 e. The highest BCUT2D eigenvalue weighted by Crippen LogP contribution is 2.33. The van der Waals surface area contributed by atoms with Gasteiger partial charge in [0.15, 0.2) is 0 Å². The summed E-state index contributed by atoms with van der Waals surface area (Å²) in [5.41, 5.74) is 1.91. The van der Waals surface area contributed by atoms with Gasteiger partial charge in [0.1, 0.15) is 29.8 Å². The van der Waals surface area contributed by atoms with Gasteiger partial charge in [0.05, 0.1) is 19.9 Å². The molecule has 0 amide bonds. The minimum absolute atomic E-state index is 0.269. The highest BCUT2D eigenvalue weighted by Gasteiger charge is 2.21. The Bertz CT molecular complexity index is 1010. The van der Waals surface area contributed by atoms with E-state index in [4.69, 9.17) is 4.74 Å². The Morgan fingerprint density at radius 3 is 2.78 bits per heavy atom. The quantitative estimate of drug-likeness (QED) is 0.704. The van der Waals surface area contributed by atoms with Crippen molar-refractivity contribution in [2.75, 3.05) is 25.8 Å². The first-order chi connectivity index (χ1) is 12.9. The predicted octanol–water partition coefficient (Wildman–Crippen LogP) is 2.59. The van der Waals surface area contributed by atoms with Crippen molar-refractivity contribution in [3.63, 3.8) is 0 Å². The van der Waals surface area contributed by atoms with Gasteiger partial charge in [0.25, 0.3) is 10.1 Å². The van der Waals surface area contributed by atoms with E-state index in [0.29, 0.717) is 28.4 Å². The zero-order valence-electron chi connectivity index (χ0n) is 14.8. The van der Waals surface area contributed by atoms with Crippen LogP contribution in [0.1, 0.15) is 11.1 Å². The average Bonchev–Trinajstić information content (AvgIpc) is 2.68. The highest BCUT2D eigenvalue weighted by atomic mass is 32.2. The van der Waals surface area contributed by atoms with Crippen molar-refractivity contribution in [1.82, 2.24) is 4.98 Å². The van der Waals surface area contributed by atoms with Crippen LogP contribution in [0.2, 0.25) is 0 Å². The molecular weight excluding hydrogens is 373 g/mol. The van der Waals surface area contributed by atoms with Gasteiger partial charge in [-0.2, -0.15) is 8.42 Å². The number of aromatic nitrogens is 1. The molecule has 1 aromatic heterocycles. The van der Waals surface area contributed by atoms with Crippen LogP contribution >= 0.6 is 0 Å². The molecule has 0 spiro atoms. The van der Waals surface area contributed by atoms with Crippen LogP contribution in [0.25, 0.3) is 5.70 Å². The van der Waals surface area contributed by atoms with E-state index in [2.05, 4.69) is 14.2 Å². The number of halogens is 1. The first-order valence-corrected chi connectivity index (χ1v) is 9.56. The molecule has 3 rings (SSSR count). The Morgan fingerprint density at radius 1 is 1.22 bits per heavy atom. The number of anilines is 1. The maximum Gasteiger partial charge on any atom is 0.271 e. The summed E-state index contributed by atoms with van der Waals surface area (Å²) in [5, 5.41) is 0. The molecule has 1 aliphatic heterocycles. The van der Waals surface area contributed by atoms with E-state index in [1.807, 2.05) is 0 Å². The number of hydrogen-bond donors (Lipinski definition) is 0. The van der Waals surface area contributed by atoms with Gasteiger partial charge in [-0.3, -0.25) is 9.18 Å². The lowest BCUT2D eigenvalue weighted by molar-refractivity contribution is 0.397. The maximum atomic E-state index is 13.5. The van der Waals surface area contributed by atoms with Crippen molar-refractivity contribution in [3.05, 3.63) is 59.5 Å². The summed E-state index contributed by atoms with van der Waals surface area (Å²) in [5.74, 6) is 0.208. The number of allylic oxidation sites excluding steroid dienone is 1. The summed E-state index contributed by atoms with van der Waals surface area (Å²) in [4.78, 5) is 10.3. The van der Waals surface area contributed by atoms with Gasteiger partial charge in [-0.1, -0.05) is 0 Å². The molecule has 0 fully saturated rings. The minimum Gasteiger partial charge on any atom is -0.496 e. The molecular formula is C18H18FN3O4S. The zero-order valence-corrected chi connectivity index (χ0v) is 15.6. The number of methoxy groups -OCH3 is 1. The molecule has 27 heavy (non-hydrogen) atoms. The summed E-state index contributed by atoms with van der Waals surface area (Å²) in [6.45, 7) is 0.278. The Morgan fingerprint density at radius 2 is 2.04 bits per heavy atom. The molecule has 7 nitrogen and oxygen atoms in total. The van der Waals surface area contributed by atoms with E-state index in [0.717, 1.165) is 7.11 Å². The van der Waals surface area contributed by atoms with E-state index >= 15 is 0 Å². The predicted molar refractivity (Wildman–Crippen MR) is 101 cm³/mol. The Hall–Kier alpha value is -2.78. The Labute approximate surface area is 156 Å². The molecule has 0 saturated carbocycles. The standard InChI is InChI=1S/C18H18FN3O4S/c1-25-17-10-14(19)3-4-15(17)16-6-7-20-12-22(16)18-9-13(5-8-21-18)11-27(23,24)26-2/h3-10H,11-12H2,1-2H3. The van der Waals surface area contributed by atoms with Crippen molar-refractivity contribution in [3.8, 4) is 5.75 Å². The van der Waals surface area contributed by atoms with Crippen molar-refractivity contribution >= 4 is 27.8 Å². The molecule has 1 aromatic carbocycles. The van der Waals surface area contributed by atoms with E-state index in [1.54, 1.807) is 35.4 Å². The monoisotopic (exact) mass is 391 g/mol. The smallest absolute Gasteiger partial charge is 0.271 e. The first-order valence-electron chi connectivity index (χ1n) is 7.98. The molecule has 0 unspecified atom stereocenters. The topological polar surface area (TPSA) is 81.1 Å². The third-order valence-electron chi connectivity index (χ3n) is 3.98. The summed E-state index contributed by atoms with van der Waals surface area (Å²) < 4.78 is 46.8. The Balaban J connectivity index is 1.99. The van der Waals surface area contributed by atoms with Crippen molar-refractivity contribution in [2.45, 2.75) is 5.75 Å². The molecule has 0 N–H and O–H groups in total. The van der Waals surface area contributed by atoms with Crippen LogP contribution in [0.15, 0.2) is 47.6 Å². The summed E-state index contributed by atoms with van der Waals surface area (Å²) >= 11 is 0. The van der Waals surface area contributed by atoms with Crippen LogP contribution in [0.5, 0.6) is 5.75 Å². The van der Waals surface area contributed by atoms with Gasteiger partial charge in [-0.25, -0.2) is 9.37 Å². The van der Waals surface area contributed by atoms with Gasteiger partial charge in [0, 0.05) is 24.0 Å². The number of rotatable bonds is 6. The van der Waals surface area contributed by atoms with Gasteiger partial charge in [0.2, 0.25) is 0 Å². The lowest BCUT2D eigenvalue weighted by Gasteiger charge is -2.28. The molecule has 0 aliphatic carbocycles. The number of pyridine rings is 1. The van der Waals surface area contributed by atoms with Crippen molar-refractivity contribution in [1.29, 1.82) is 0 Å². The summed E-state index contributed by atoms with van der Waals surface area (Å²) in [7, 11) is -1.06. The van der Waals surface area contributed by atoms with E-state index < -0.39 is 15.9 Å². The van der Waals surface area contributed by atoms with Crippen LogP contribution in [0, 0.1) is 5.82 Å². The zero-order chi connectivity index (χ0) is 19.4.